The first kappa shape index (κ1) is 19.3. The molecular weight excluding hydrogens is 421 g/mol. The summed E-state index contributed by atoms with van der Waals surface area (Å²) in [5.41, 5.74) is 0.624. The van der Waals surface area contributed by atoms with Crippen molar-refractivity contribution in [2.45, 2.75) is 15.6 Å². The molecule has 0 saturated heterocycles. The SMILES string of the molecule is CC(=O)Nc1ccc(NC2=C(Cl)C(=O)C(Cl)(Cl)C(Cl)(Cl)C2=O)cc1. The van der Waals surface area contributed by atoms with Crippen LogP contribution in [0.5, 0.6) is 0 Å². The van der Waals surface area contributed by atoms with Gasteiger partial charge in [-0.05, 0) is 24.3 Å². The third kappa shape index (κ3) is 3.37. The average molecular weight is 431 g/mol. The summed E-state index contributed by atoms with van der Waals surface area (Å²) < 4.78 is -4.80. The van der Waals surface area contributed by atoms with Gasteiger partial charge in [0.25, 0.3) is 0 Å². The molecule has 1 amide bonds. The van der Waals surface area contributed by atoms with Gasteiger partial charge >= 0.3 is 0 Å². The van der Waals surface area contributed by atoms with Crippen LogP contribution in [0.2, 0.25) is 0 Å². The smallest absolute Gasteiger partial charge is 0.222 e. The van der Waals surface area contributed by atoms with E-state index in [4.69, 9.17) is 58.0 Å². The average Bonchev–Trinajstić information content (AvgIpc) is 2.50. The Morgan fingerprint density at radius 2 is 1.38 bits per heavy atom. The van der Waals surface area contributed by atoms with Gasteiger partial charge in [0.15, 0.2) is 0 Å². The van der Waals surface area contributed by atoms with Gasteiger partial charge in [0, 0.05) is 18.3 Å². The van der Waals surface area contributed by atoms with Crippen molar-refractivity contribution in [3.05, 3.63) is 35.0 Å². The van der Waals surface area contributed by atoms with Crippen molar-refractivity contribution >= 4 is 86.9 Å². The van der Waals surface area contributed by atoms with Gasteiger partial charge in [0.05, 0.1) is 0 Å². The molecule has 0 spiro atoms. The topological polar surface area (TPSA) is 75.3 Å². The van der Waals surface area contributed by atoms with Gasteiger partial charge in [-0.15, -0.1) is 0 Å². The van der Waals surface area contributed by atoms with Crippen molar-refractivity contribution in [3.8, 4) is 0 Å². The standard InChI is InChI=1S/C14H9Cl5N2O3/c1-6(22)20-7-2-4-8(5-3-7)21-10-9(15)11(23)13(16,17)14(18,19)12(10)24/h2-5,21H,1H3,(H,20,22). The van der Waals surface area contributed by atoms with Crippen LogP contribution in [0.25, 0.3) is 0 Å². The van der Waals surface area contributed by atoms with Crippen molar-refractivity contribution in [1.82, 2.24) is 0 Å². The normalized spacial score (nSPS) is 19.2. The van der Waals surface area contributed by atoms with E-state index < -0.39 is 25.3 Å². The summed E-state index contributed by atoms with van der Waals surface area (Å²) in [5.74, 6) is -2.16. The summed E-state index contributed by atoms with van der Waals surface area (Å²) in [6, 6.07) is 6.26. The molecule has 0 atom stereocenters. The summed E-state index contributed by atoms with van der Waals surface area (Å²) in [7, 11) is 0. The fourth-order valence-electron chi connectivity index (χ4n) is 1.89. The Labute approximate surface area is 162 Å². The molecule has 10 heteroatoms. The monoisotopic (exact) mass is 428 g/mol. The highest BCUT2D eigenvalue weighted by atomic mass is 35.5. The van der Waals surface area contributed by atoms with E-state index in [1.165, 1.54) is 6.92 Å². The van der Waals surface area contributed by atoms with Crippen LogP contribution < -0.4 is 10.6 Å². The third-order valence-corrected chi connectivity index (χ3v) is 5.65. The predicted octanol–water partition coefficient (Wildman–Crippen LogP) is 4.01. The number of anilines is 2. The summed E-state index contributed by atoms with van der Waals surface area (Å²) in [6.45, 7) is 1.37. The molecule has 0 bridgehead atoms. The molecule has 1 aliphatic rings. The number of Topliss-reactive ketones (excluding diaryl/α,β-unsaturated/α-hetero) is 2. The molecule has 0 aliphatic heterocycles. The first-order chi connectivity index (χ1) is 11.0. The summed E-state index contributed by atoms with van der Waals surface area (Å²) in [4.78, 5) is 35.5. The number of benzene rings is 1. The second-order valence-electron chi connectivity index (χ2n) is 4.88. The van der Waals surface area contributed by atoms with Gasteiger partial charge < -0.3 is 10.6 Å². The van der Waals surface area contributed by atoms with Crippen molar-refractivity contribution < 1.29 is 14.4 Å². The molecule has 2 N–H and O–H groups in total. The quantitative estimate of drug-likeness (QED) is 0.711. The zero-order valence-corrected chi connectivity index (χ0v) is 15.7. The van der Waals surface area contributed by atoms with Gasteiger partial charge in [-0.1, -0.05) is 58.0 Å². The highest BCUT2D eigenvalue weighted by Gasteiger charge is 2.63. The van der Waals surface area contributed by atoms with Crippen LogP contribution in [0.1, 0.15) is 6.92 Å². The molecule has 128 valence electrons. The van der Waals surface area contributed by atoms with Crippen LogP contribution in [0.3, 0.4) is 0 Å². The fourth-order valence-corrected chi connectivity index (χ4v) is 2.98. The van der Waals surface area contributed by atoms with Crippen molar-refractivity contribution in [2.24, 2.45) is 0 Å². The molecule has 0 saturated carbocycles. The predicted molar refractivity (Wildman–Crippen MR) is 96.1 cm³/mol. The van der Waals surface area contributed by atoms with E-state index in [0.717, 1.165) is 0 Å². The Morgan fingerprint density at radius 3 is 1.88 bits per heavy atom. The Balaban J connectivity index is 2.35. The van der Waals surface area contributed by atoms with Crippen LogP contribution in [0.15, 0.2) is 35.0 Å². The maximum Gasteiger partial charge on any atom is 0.222 e. The maximum absolute atomic E-state index is 12.4. The van der Waals surface area contributed by atoms with E-state index in [-0.39, 0.29) is 11.6 Å². The number of carbonyl (C=O) groups excluding carboxylic acids is 3. The molecule has 5 nitrogen and oxygen atoms in total. The summed E-state index contributed by atoms with van der Waals surface area (Å²) >= 11 is 29.2. The number of carbonyl (C=O) groups is 3. The first-order valence-electron chi connectivity index (χ1n) is 6.38. The van der Waals surface area contributed by atoms with Crippen molar-refractivity contribution in [2.75, 3.05) is 10.6 Å². The van der Waals surface area contributed by atoms with Crippen LogP contribution in [-0.4, -0.2) is 26.1 Å². The van der Waals surface area contributed by atoms with Gasteiger partial charge in [-0.2, -0.15) is 0 Å². The summed E-state index contributed by atoms with van der Waals surface area (Å²) in [6.07, 6.45) is 0. The zero-order chi connectivity index (χ0) is 18.3. The number of rotatable bonds is 3. The largest absolute Gasteiger partial charge is 0.351 e. The van der Waals surface area contributed by atoms with E-state index in [0.29, 0.717) is 11.4 Å². The lowest BCUT2D eigenvalue weighted by atomic mass is 9.99. The molecule has 0 unspecified atom stereocenters. The van der Waals surface area contributed by atoms with E-state index in [1.807, 2.05) is 0 Å². The number of nitrogens with one attached hydrogen (secondary N) is 2. The number of hydrogen-bond acceptors (Lipinski definition) is 4. The number of hydrogen-bond donors (Lipinski definition) is 2. The van der Waals surface area contributed by atoms with Gasteiger partial charge in [-0.3, -0.25) is 14.4 Å². The number of allylic oxidation sites excluding steroid dienone is 2. The maximum atomic E-state index is 12.4. The van der Waals surface area contributed by atoms with E-state index in [1.54, 1.807) is 24.3 Å². The molecular formula is C14H9Cl5N2O3. The molecule has 0 fully saturated rings. The second kappa shape index (κ2) is 6.73. The van der Waals surface area contributed by atoms with Crippen LogP contribution >= 0.6 is 58.0 Å². The Bertz CT molecular complexity index is 756. The van der Waals surface area contributed by atoms with E-state index in [2.05, 4.69) is 10.6 Å². The van der Waals surface area contributed by atoms with Crippen molar-refractivity contribution in [1.29, 1.82) is 0 Å². The second-order valence-corrected chi connectivity index (χ2v) is 7.91. The lowest BCUT2D eigenvalue weighted by molar-refractivity contribution is -0.123. The number of ketones is 2. The molecule has 1 aliphatic carbocycles. The highest BCUT2D eigenvalue weighted by Crippen LogP contribution is 2.50. The van der Waals surface area contributed by atoms with Crippen LogP contribution in [0, 0.1) is 0 Å². The van der Waals surface area contributed by atoms with Crippen LogP contribution in [0.4, 0.5) is 11.4 Å². The van der Waals surface area contributed by atoms with E-state index >= 15 is 0 Å². The lowest BCUT2D eigenvalue weighted by Gasteiger charge is -2.35. The molecule has 0 heterocycles. The first-order valence-corrected chi connectivity index (χ1v) is 8.27. The molecule has 1 aromatic rings. The van der Waals surface area contributed by atoms with Crippen molar-refractivity contribution in [3.63, 3.8) is 0 Å². The minimum atomic E-state index is -2.40. The number of amides is 1. The highest BCUT2D eigenvalue weighted by molar-refractivity contribution is 6.78. The zero-order valence-electron chi connectivity index (χ0n) is 11.9. The molecule has 2 rings (SSSR count). The molecule has 0 aromatic heterocycles. The van der Waals surface area contributed by atoms with Gasteiger partial charge in [0.1, 0.15) is 10.7 Å². The number of alkyl halides is 4. The lowest BCUT2D eigenvalue weighted by Crippen LogP contribution is -2.54. The fraction of sp³-hybridized carbons (Fsp3) is 0.214. The minimum Gasteiger partial charge on any atom is -0.351 e. The van der Waals surface area contributed by atoms with Crippen LogP contribution in [-0.2, 0) is 14.4 Å². The van der Waals surface area contributed by atoms with Gasteiger partial charge in [-0.25, -0.2) is 0 Å². The Morgan fingerprint density at radius 1 is 0.917 bits per heavy atom. The number of halogens is 5. The Hall–Kier alpha value is -0.980. The molecule has 24 heavy (non-hydrogen) atoms. The summed E-state index contributed by atoms with van der Waals surface area (Å²) in [5, 5.41) is 4.74. The third-order valence-electron chi connectivity index (χ3n) is 3.09. The minimum absolute atomic E-state index is 0.232. The molecule has 0 radical (unpaired) electrons. The Kier molecular flexibility index (Phi) is 5.43. The van der Waals surface area contributed by atoms with E-state index in [9.17, 15) is 14.4 Å². The van der Waals surface area contributed by atoms with Gasteiger partial charge in [0.2, 0.25) is 26.1 Å². The molecule has 1 aromatic carbocycles.